The molecule has 0 saturated heterocycles. The molecular formula is C16H22BrN3O4. The molecule has 0 spiro atoms. The Kier molecular flexibility index (Phi) is 9.71. The number of hydrazone groups is 1. The van der Waals surface area contributed by atoms with Crippen LogP contribution in [0, 0.1) is 0 Å². The number of unbranched alkanes of at least 4 members (excludes halogenated alkanes) is 3. The molecule has 1 aromatic rings. The molecule has 0 heterocycles. The minimum absolute atomic E-state index is 0.154. The van der Waals surface area contributed by atoms with Gasteiger partial charge in [0.05, 0.1) is 13.3 Å². The SMILES string of the molecule is COc1ccc(Br)c(/C=N/NC(=O)CCCCCCC(=O)NO)c1. The van der Waals surface area contributed by atoms with Crippen LogP contribution in [-0.4, -0.2) is 30.3 Å². The summed E-state index contributed by atoms with van der Waals surface area (Å²) in [6.07, 6.45) is 5.32. The van der Waals surface area contributed by atoms with Gasteiger partial charge in [0.25, 0.3) is 0 Å². The van der Waals surface area contributed by atoms with Gasteiger partial charge in [0.15, 0.2) is 0 Å². The van der Waals surface area contributed by atoms with Crippen LogP contribution in [0.1, 0.15) is 44.1 Å². The summed E-state index contributed by atoms with van der Waals surface area (Å²) in [4.78, 5) is 22.5. The number of ether oxygens (including phenoxy) is 1. The topological polar surface area (TPSA) is 100 Å². The van der Waals surface area contributed by atoms with Crippen LogP contribution in [0.4, 0.5) is 0 Å². The summed E-state index contributed by atoms with van der Waals surface area (Å²) in [7, 11) is 1.59. The van der Waals surface area contributed by atoms with Crippen LogP contribution in [0.3, 0.4) is 0 Å². The Morgan fingerprint density at radius 3 is 2.50 bits per heavy atom. The molecule has 8 heteroatoms. The number of carbonyl (C=O) groups is 2. The number of halogens is 1. The van der Waals surface area contributed by atoms with E-state index in [9.17, 15) is 9.59 Å². The summed E-state index contributed by atoms with van der Waals surface area (Å²) in [5.74, 6) is 0.171. The van der Waals surface area contributed by atoms with E-state index in [2.05, 4.69) is 26.5 Å². The van der Waals surface area contributed by atoms with Crippen molar-refractivity contribution < 1.29 is 19.5 Å². The van der Waals surface area contributed by atoms with Gasteiger partial charge >= 0.3 is 0 Å². The molecule has 0 aliphatic carbocycles. The van der Waals surface area contributed by atoms with Crippen molar-refractivity contribution in [2.24, 2.45) is 5.10 Å². The molecular weight excluding hydrogens is 378 g/mol. The van der Waals surface area contributed by atoms with E-state index in [0.717, 1.165) is 29.3 Å². The lowest BCUT2D eigenvalue weighted by molar-refractivity contribution is -0.129. The first-order chi connectivity index (χ1) is 11.6. The van der Waals surface area contributed by atoms with Crippen LogP contribution in [0.15, 0.2) is 27.8 Å². The van der Waals surface area contributed by atoms with E-state index in [1.54, 1.807) is 18.8 Å². The molecule has 0 bridgehead atoms. The Morgan fingerprint density at radius 1 is 1.21 bits per heavy atom. The Balaban J connectivity index is 2.23. The Bertz CT molecular complexity index is 578. The normalized spacial score (nSPS) is 10.6. The number of amides is 2. The van der Waals surface area contributed by atoms with Crippen molar-refractivity contribution in [2.45, 2.75) is 38.5 Å². The van der Waals surface area contributed by atoms with Gasteiger partial charge in [-0.3, -0.25) is 14.8 Å². The second kappa shape index (κ2) is 11.6. The van der Waals surface area contributed by atoms with Gasteiger partial charge in [-0.05, 0) is 31.0 Å². The molecule has 132 valence electrons. The number of methoxy groups -OCH3 is 1. The number of carbonyl (C=O) groups excluding carboxylic acids is 2. The standard InChI is InChI=1S/C16H22BrN3O4/c1-24-13-8-9-14(17)12(10-13)11-18-19-15(21)6-4-2-3-5-7-16(22)20-23/h8-11,23H,2-7H2,1H3,(H,19,21)(H,20,22)/b18-11+. The van der Waals surface area contributed by atoms with Crippen molar-refractivity contribution in [1.82, 2.24) is 10.9 Å². The van der Waals surface area contributed by atoms with Gasteiger partial charge in [-0.1, -0.05) is 28.8 Å². The van der Waals surface area contributed by atoms with Gasteiger partial charge < -0.3 is 4.74 Å². The van der Waals surface area contributed by atoms with Gasteiger partial charge in [0.1, 0.15) is 5.75 Å². The van der Waals surface area contributed by atoms with E-state index >= 15 is 0 Å². The predicted octanol–water partition coefficient (Wildman–Crippen LogP) is 2.75. The maximum Gasteiger partial charge on any atom is 0.243 e. The van der Waals surface area contributed by atoms with E-state index in [-0.39, 0.29) is 11.8 Å². The van der Waals surface area contributed by atoms with Crippen molar-refractivity contribution in [3.05, 3.63) is 28.2 Å². The molecule has 3 N–H and O–H groups in total. The molecule has 1 aromatic carbocycles. The van der Waals surface area contributed by atoms with Crippen molar-refractivity contribution in [3.63, 3.8) is 0 Å². The number of hydrogen-bond donors (Lipinski definition) is 3. The minimum Gasteiger partial charge on any atom is -0.497 e. The lowest BCUT2D eigenvalue weighted by Gasteiger charge is -2.03. The third-order valence-corrected chi connectivity index (χ3v) is 4.00. The zero-order valence-corrected chi connectivity index (χ0v) is 15.1. The molecule has 0 aromatic heterocycles. The number of hydrogen-bond acceptors (Lipinski definition) is 5. The van der Waals surface area contributed by atoms with E-state index in [1.807, 2.05) is 18.2 Å². The summed E-state index contributed by atoms with van der Waals surface area (Å²) in [5.41, 5.74) is 4.88. The van der Waals surface area contributed by atoms with Crippen molar-refractivity contribution >= 4 is 34.0 Å². The Hall–Kier alpha value is -1.93. The third-order valence-electron chi connectivity index (χ3n) is 3.28. The highest BCUT2D eigenvalue weighted by Gasteiger charge is 2.02. The van der Waals surface area contributed by atoms with Crippen LogP contribution >= 0.6 is 15.9 Å². The average Bonchev–Trinajstić information content (AvgIpc) is 2.59. The van der Waals surface area contributed by atoms with E-state index < -0.39 is 0 Å². The smallest absolute Gasteiger partial charge is 0.243 e. The van der Waals surface area contributed by atoms with Crippen LogP contribution in [0.2, 0.25) is 0 Å². The number of benzene rings is 1. The van der Waals surface area contributed by atoms with Gasteiger partial charge in [-0.15, -0.1) is 0 Å². The monoisotopic (exact) mass is 399 g/mol. The fourth-order valence-corrected chi connectivity index (χ4v) is 2.31. The van der Waals surface area contributed by atoms with Crippen LogP contribution < -0.4 is 15.6 Å². The molecule has 0 saturated carbocycles. The number of nitrogens with zero attached hydrogens (tertiary/aromatic N) is 1. The molecule has 0 fully saturated rings. The lowest BCUT2D eigenvalue weighted by Crippen LogP contribution is -2.18. The van der Waals surface area contributed by atoms with Gasteiger partial charge in [0, 0.05) is 22.9 Å². The summed E-state index contributed by atoms with van der Waals surface area (Å²) in [6.45, 7) is 0. The fraction of sp³-hybridized carbons (Fsp3) is 0.438. The quantitative estimate of drug-likeness (QED) is 0.243. The predicted molar refractivity (Wildman–Crippen MR) is 94.1 cm³/mol. The first kappa shape index (κ1) is 20.1. The molecule has 1 rings (SSSR count). The fourth-order valence-electron chi connectivity index (χ4n) is 1.96. The third kappa shape index (κ3) is 8.07. The highest BCUT2D eigenvalue weighted by molar-refractivity contribution is 9.10. The largest absolute Gasteiger partial charge is 0.497 e. The zero-order valence-electron chi connectivity index (χ0n) is 13.5. The first-order valence-corrected chi connectivity index (χ1v) is 8.44. The number of hydroxylamine groups is 1. The summed E-state index contributed by atoms with van der Waals surface area (Å²) in [5, 5.41) is 12.3. The van der Waals surface area contributed by atoms with Crippen LogP contribution in [-0.2, 0) is 9.59 Å². The molecule has 24 heavy (non-hydrogen) atoms. The zero-order chi connectivity index (χ0) is 17.8. The van der Waals surface area contributed by atoms with E-state index in [4.69, 9.17) is 9.94 Å². The second-order valence-electron chi connectivity index (χ2n) is 5.13. The van der Waals surface area contributed by atoms with Crippen LogP contribution in [0.5, 0.6) is 5.75 Å². The summed E-state index contributed by atoms with van der Waals surface area (Å²) < 4.78 is 5.99. The van der Waals surface area contributed by atoms with Gasteiger partial charge in [-0.2, -0.15) is 5.10 Å². The van der Waals surface area contributed by atoms with Crippen LogP contribution in [0.25, 0.3) is 0 Å². The lowest BCUT2D eigenvalue weighted by atomic mass is 10.1. The molecule has 0 aliphatic rings. The van der Waals surface area contributed by atoms with E-state index in [1.165, 1.54) is 0 Å². The highest BCUT2D eigenvalue weighted by Crippen LogP contribution is 2.20. The molecule has 0 unspecified atom stereocenters. The van der Waals surface area contributed by atoms with Crippen molar-refractivity contribution in [2.75, 3.05) is 7.11 Å². The molecule has 0 atom stereocenters. The average molecular weight is 400 g/mol. The highest BCUT2D eigenvalue weighted by atomic mass is 79.9. The number of rotatable bonds is 10. The molecule has 0 aliphatic heterocycles. The number of nitrogens with one attached hydrogen (secondary N) is 2. The first-order valence-electron chi connectivity index (χ1n) is 7.65. The Labute approximate surface area is 149 Å². The second-order valence-corrected chi connectivity index (χ2v) is 5.98. The van der Waals surface area contributed by atoms with Gasteiger partial charge in [0.2, 0.25) is 11.8 Å². The molecule has 2 amide bonds. The maximum absolute atomic E-state index is 11.7. The molecule has 7 nitrogen and oxygen atoms in total. The summed E-state index contributed by atoms with van der Waals surface area (Å²) in [6, 6.07) is 5.48. The minimum atomic E-state index is -0.384. The van der Waals surface area contributed by atoms with E-state index in [0.29, 0.717) is 25.0 Å². The summed E-state index contributed by atoms with van der Waals surface area (Å²) >= 11 is 3.40. The molecule has 0 radical (unpaired) electrons. The Morgan fingerprint density at radius 2 is 1.88 bits per heavy atom. The van der Waals surface area contributed by atoms with Crippen molar-refractivity contribution in [3.8, 4) is 5.75 Å². The van der Waals surface area contributed by atoms with Crippen molar-refractivity contribution in [1.29, 1.82) is 0 Å². The van der Waals surface area contributed by atoms with Gasteiger partial charge in [-0.25, -0.2) is 10.9 Å². The maximum atomic E-state index is 11.7.